The lowest BCUT2D eigenvalue weighted by Gasteiger charge is -2.12. The van der Waals surface area contributed by atoms with E-state index in [2.05, 4.69) is 16.4 Å². The van der Waals surface area contributed by atoms with Gasteiger partial charge in [-0.15, -0.1) is 11.3 Å². The number of benzene rings is 1. The van der Waals surface area contributed by atoms with Gasteiger partial charge in [-0.05, 0) is 30.4 Å². The van der Waals surface area contributed by atoms with E-state index in [-0.39, 0.29) is 0 Å². The molecular formula is C16H15NOS. The molecule has 0 fully saturated rings. The Morgan fingerprint density at radius 3 is 2.84 bits per heavy atom. The van der Waals surface area contributed by atoms with Crippen LogP contribution in [-0.4, -0.2) is 10.1 Å². The second-order valence-corrected chi connectivity index (χ2v) is 5.59. The van der Waals surface area contributed by atoms with Crippen molar-refractivity contribution >= 4 is 22.2 Å². The van der Waals surface area contributed by atoms with Gasteiger partial charge >= 0.3 is 0 Å². The summed E-state index contributed by atoms with van der Waals surface area (Å²) in [6, 6.07) is 14.1. The van der Waals surface area contributed by atoms with Gasteiger partial charge in [0.1, 0.15) is 0 Å². The highest BCUT2D eigenvalue weighted by Crippen LogP contribution is 2.26. The quantitative estimate of drug-likeness (QED) is 0.777. The number of aryl methyl sites for hydroxylation is 1. The third-order valence-corrected chi connectivity index (χ3v) is 4.20. The summed E-state index contributed by atoms with van der Waals surface area (Å²) in [6.45, 7) is 0. The van der Waals surface area contributed by atoms with E-state index in [1.54, 1.807) is 17.5 Å². The summed E-state index contributed by atoms with van der Waals surface area (Å²) >= 11 is 1.74. The van der Waals surface area contributed by atoms with Crippen LogP contribution in [0, 0.1) is 0 Å². The predicted octanol–water partition coefficient (Wildman–Crippen LogP) is 3.96. The molecular weight excluding hydrogens is 254 g/mol. The average Bonchev–Trinajstić information content (AvgIpc) is 2.97. The molecule has 0 aliphatic carbocycles. The number of aliphatic hydroxyl groups excluding tert-OH is 1. The summed E-state index contributed by atoms with van der Waals surface area (Å²) in [4.78, 5) is 5.70. The summed E-state index contributed by atoms with van der Waals surface area (Å²) < 4.78 is 0. The zero-order chi connectivity index (χ0) is 13.1. The molecule has 0 spiro atoms. The zero-order valence-corrected chi connectivity index (χ0v) is 11.3. The summed E-state index contributed by atoms with van der Waals surface area (Å²) in [6.07, 6.45) is 2.96. The van der Waals surface area contributed by atoms with Crippen molar-refractivity contribution < 1.29 is 5.11 Å². The first-order valence-corrected chi connectivity index (χ1v) is 7.26. The molecule has 2 aromatic heterocycles. The summed E-state index contributed by atoms with van der Waals surface area (Å²) in [7, 11) is 0. The Morgan fingerprint density at radius 2 is 2.00 bits per heavy atom. The number of hydrogen-bond acceptors (Lipinski definition) is 3. The topological polar surface area (TPSA) is 33.1 Å². The monoisotopic (exact) mass is 269 g/mol. The van der Waals surface area contributed by atoms with Gasteiger partial charge in [0.25, 0.3) is 0 Å². The molecule has 3 rings (SSSR count). The molecule has 0 radical (unpaired) electrons. The summed E-state index contributed by atoms with van der Waals surface area (Å²) in [5.74, 6) is 0. The molecule has 3 aromatic rings. The Bertz CT molecular complexity index is 658. The van der Waals surface area contributed by atoms with Gasteiger partial charge in [-0.3, -0.25) is 4.98 Å². The van der Waals surface area contributed by atoms with Crippen LogP contribution in [-0.2, 0) is 6.42 Å². The molecule has 1 aromatic carbocycles. The average molecular weight is 269 g/mol. The number of fused-ring (bicyclic) bond motifs is 1. The molecule has 0 saturated heterocycles. The Kier molecular flexibility index (Phi) is 3.58. The molecule has 0 amide bonds. The van der Waals surface area contributed by atoms with Crippen molar-refractivity contribution in [3.63, 3.8) is 0 Å². The number of pyridine rings is 1. The minimum atomic E-state index is -0.458. The van der Waals surface area contributed by atoms with Crippen LogP contribution in [0.25, 0.3) is 10.9 Å². The minimum Gasteiger partial charge on any atom is -0.388 e. The molecule has 0 aliphatic heterocycles. The highest BCUT2D eigenvalue weighted by molar-refractivity contribution is 7.09. The normalized spacial score (nSPS) is 12.7. The molecule has 0 bridgehead atoms. The first-order chi connectivity index (χ1) is 9.34. The van der Waals surface area contributed by atoms with Crippen LogP contribution in [0.4, 0.5) is 0 Å². The van der Waals surface area contributed by atoms with Gasteiger partial charge in [0.05, 0.1) is 11.6 Å². The lowest BCUT2D eigenvalue weighted by atomic mass is 10.0. The van der Waals surface area contributed by atoms with E-state index in [9.17, 15) is 5.11 Å². The smallest absolute Gasteiger partial charge is 0.0814 e. The Balaban J connectivity index is 1.83. The van der Waals surface area contributed by atoms with E-state index >= 15 is 0 Å². The van der Waals surface area contributed by atoms with Gasteiger partial charge in [0.2, 0.25) is 0 Å². The van der Waals surface area contributed by atoms with Gasteiger partial charge in [0.15, 0.2) is 0 Å². The van der Waals surface area contributed by atoms with Crippen molar-refractivity contribution in [2.75, 3.05) is 0 Å². The highest BCUT2D eigenvalue weighted by Gasteiger charge is 2.12. The standard InChI is InChI=1S/C16H15NOS/c18-15(9-8-13-6-3-11-19-13)14-7-1-4-12-5-2-10-17-16(12)14/h1-7,10-11,15,18H,8-9H2. The molecule has 2 heterocycles. The fraction of sp³-hybridized carbons (Fsp3) is 0.188. The van der Waals surface area contributed by atoms with E-state index in [1.165, 1.54) is 4.88 Å². The van der Waals surface area contributed by atoms with Crippen molar-refractivity contribution in [3.05, 3.63) is 64.5 Å². The van der Waals surface area contributed by atoms with Crippen LogP contribution in [0.15, 0.2) is 54.0 Å². The van der Waals surface area contributed by atoms with Gasteiger partial charge in [-0.1, -0.05) is 30.3 Å². The van der Waals surface area contributed by atoms with E-state index < -0.39 is 6.10 Å². The predicted molar refractivity (Wildman–Crippen MR) is 79.3 cm³/mol. The molecule has 1 atom stereocenters. The molecule has 3 heteroatoms. The number of thiophene rings is 1. The maximum absolute atomic E-state index is 10.4. The van der Waals surface area contributed by atoms with Crippen LogP contribution in [0.1, 0.15) is 23.0 Å². The number of para-hydroxylation sites is 1. The highest BCUT2D eigenvalue weighted by atomic mass is 32.1. The Morgan fingerprint density at radius 1 is 1.11 bits per heavy atom. The van der Waals surface area contributed by atoms with Crippen molar-refractivity contribution in [1.29, 1.82) is 0 Å². The molecule has 1 N–H and O–H groups in total. The van der Waals surface area contributed by atoms with Crippen molar-refractivity contribution in [2.24, 2.45) is 0 Å². The van der Waals surface area contributed by atoms with Gasteiger partial charge < -0.3 is 5.11 Å². The van der Waals surface area contributed by atoms with E-state index in [1.807, 2.05) is 36.4 Å². The molecule has 1 unspecified atom stereocenters. The Labute approximate surface area is 116 Å². The molecule has 0 aliphatic rings. The molecule has 96 valence electrons. The van der Waals surface area contributed by atoms with Crippen molar-refractivity contribution in [3.8, 4) is 0 Å². The molecule has 2 nitrogen and oxygen atoms in total. The molecule has 19 heavy (non-hydrogen) atoms. The fourth-order valence-corrected chi connectivity index (χ4v) is 3.01. The summed E-state index contributed by atoms with van der Waals surface area (Å²) in [5.41, 5.74) is 1.83. The second kappa shape index (κ2) is 5.51. The SMILES string of the molecule is OC(CCc1cccs1)c1cccc2cccnc12. The van der Waals surface area contributed by atoms with Crippen molar-refractivity contribution in [1.82, 2.24) is 4.98 Å². The van der Waals surface area contributed by atoms with Gasteiger partial charge in [-0.25, -0.2) is 0 Å². The lowest BCUT2D eigenvalue weighted by molar-refractivity contribution is 0.169. The fourth-order valence-electron chi connectivity index (χ4n) is 2.29. The number of aliphatic hydroxyl groups is 1. The first-order valence-electron chi connectivity index (χ1n) is 6.39. The second-order valence-electron chi connectivity index (χ2n) is 4.56. The van der Waals surface area contributed by atoms with E-state index in [0.717, 1.165) is 29.3 Å². The number of nitrogens with zero attached hydrogens (tertiary/aromatic N) is 1. The minimum absolute atomic E-state index is 0.458. The number of hydrogen-bond donors (Lipinski definition) is 1. The Hall–Kier alpha value is -1.71. The van der Waals surface area contributed by atoms with Crippen LogP contribution in [0.3, 0.4) is 0 Å². The van der Waals surface area contributed by atoms with Gasteiger partial charge in [0, 0.05) is 22.0 Å². The van der Waals surface area contributed by atoms with Gasteiger partial charge in [-0.2, -0.15) is 0 Å². The van der Waals surface area contributed by atoms with Crippen LogP contribution < -0.4 is 0 Å². The van der Waals surface area contributed by atoms with Crippen molar-refractivity contribution in [2.45, 2.75) is 18.9 Å². The van der Waals surface area contributed by atoms with Crippen LogP contribution in [0.2, 0.25) is 0 Å². The molecule has 0 saturated carbocycles. The number of aromatic nitrogens is 1. The largest absolute Gasteiger partial charge is 0.388 e. The number of rotatable bonds is 4. The zero-order valence-electron chi connectivity index (χ0n) is 10.5. The van der Waals surface area contributed by atoms with Crippen LogP contribution in [0.5, 0.6) is 0 Å². The lowest BCUT2D eigenvalue weighted by Crippen LogP contribution is -2.00. The summed E-state index contributed by atoms with van der Waals surface area (Å²) in [5, 5.41) is 13.5. The third-order valence-electron chi connectivity index (χ3n) is 3.27. The maximum Gasteiger partial charge on any atom is 0.0814 e. The van der Waals surface area contributed by atoms with E-state index in [4.69, 9.17) is 0 Å². The maximum atomic E-state index is 10.4. The van der Waals surface area contributed by atoms with Crippen LogP contribution >= 0.6 is 11.3 Å². The first kappa shape index (κ1) is 12.3. The van der Waals surface area contributed by atoms with E-state index in [0.29, 0.717) is 0 Å². The third kappa shape index (κ3) is 2.67.